The third-order valence-corrected chi connectivity index (χ3v) is 1.67. The molecule has 0 rings (SSSR count). The van der Waals surface area contributed by atoms with Crippen molar-refractivity contribution in [3.05, 3.63) is 23.8 Å². The zero-order chi connectivity index (χ0) is 9.61. The molecule has 0 fully saturated rings. The minimum Gasteiger partial charge on any atom is -0.0816 e. The van der Waals surface area contributed by atoms with Crippen LogP contribution in [0.5, 0.6) is 0 Å². The van der Waals surface area contributed by atoms with Crippen molar-refractivity contribution in [1.82, 2.24) is 0 Å². The van der Waals surface area contributed by atoms with Crippen molar-refractivity contribution >= 4 is 0 Å². The van der Waals surface area contributed by atoms with E-state index in [0.717, 1.165) is 12.8 Å². The molecule has 12 heavy (non-hydrogen) atoms. The highest BCUT2D eigenvalue weighted by molar-refractivity contribution is 5.19. The second kappa shape index (κ2) is 5.18. The Kier molecular flexibility index (Phi) is 4.96. The van der Waals surface area contributed by atoms with Crippen LogP contribution in [-0.4, -0.2) is 0 Å². The minimum atomic E-state index is 0.308. The van der Waals surface area contributed by atoms with Gasteiger partial charge in [-0.05, 0) is 18.3 Å². The fraction of sp³-hybridized carbons (Fsp3) is 0.667. The molecule has 0 aliphatic carbocycles. The quantitative estimate of drug-likeness (QED) is 0.547. The van der Waals surface area contributed by atoms with Crippen molar-refractivity contribution in [2.24, 2.45) is 5.41 Å². The summed E-state index contributed by atoms with van der Waals surface area (Å²) < 4.78 is 0. The molecule has 70 valence electrons. The van der Waals surface area contributed by atoms with Crippen LogP contribution in [0.25, 0.3) is 0 Å². The van der Waals surface area contributed by atoms with Crippen molar-refractivity contribution < 1.29 is 0 Å². The molecule has 0 aromatic carbocycles. The van der Waals surface area contributed by atoms with Crippen molar-refractivity contribution in [3.63, 3.8) is 0 Å². The van der Waals surface area contributed by atoms with Gasteiger partial charge in [-0.2, -0.15) is 0 Å². The summed E-state index contributed by atoms with van der Waals surface area (Å²) in [5, 5.41) is 0. The van der Waals surface area contributed by atoms with E-state index in [4.69, 9.17) is 0 Å². The normalized spacial score (nSPS) is 14.2. The van der Waals surface area contributed by atoms with Gasteiger partial charge in [-0.1, -0.05) is 58.4 Å². The topological polar surface area (TPSA) is 0 Å². The largest absolute Gasteiger partial charge is 0.0816 e. The van der Waals surface area contributed by atoms with Crippen LogP contribution in [0, 0.1) is 5.41 Å². The Bertz CT molecular complexity index is 165. The van der Waals surface area contributed by atoms with E-state index in [1.54, 1.807) is 0 Å². The van der Waals surface area contributed by atoms with Crippen LogP contribution in [-0.2, 0) is 0 Å². The van der Waals surface area contributed by atoms with E-state index in [-0.39, 0.29) is 0 Å². The lowest BCUT2D eigenvalue weighted by molar-refractivity contribution is 0.543. The van der Waals surface area contributed by atoms with E-state index in [1.807, 2.05) is 0 Å². The summed E-state index contributed by atoms with van der Waals surface area (Å²) in [4.78, 5) is 0. The number of allylic oxidation sites excluding steroid dienone is 4. The summed E-state index contributed by atoms with van der Waals surface area (Å²) in [5.41, 5.74) is 1.76. The summed E-state index contributed by atoms with van der Waals surface area (Å²) in [6.45, 7) is 11.1. The molecule has 0 heterocycles. The predicted octanol–water partition coefficient (Wildman–Crippen LogP) is 4.34. The second-order valence-corrected chi connectivity index (χ2v) is 4.24. The van der Waals surface area contributed by atoms with E-state index in [1.165, 1.54) is 5.57 Å². The summed E-state index contributed by atoms with van der Waals surface area (Å²) in [6.07, 6.45) is 9.10. The summed E-state index contributed by atoms with van der Waals surface area (Å²) >= 11 is 0. The molecule has 0 unspecified atom stereocenters. The van der Waals surface area contributed by atoms with Crippen LogP contribution < -0.4 is 0 Å². The highest BCUT2D eigenvalue weighted by atomic mass is 14.1. The van der Waals surface area contributed by atoms with Crippen LogP contribution in [0.15, 0.2) is 23.8 Å². The lowest BCUT2D eigenvalue weighted by Crippen LogP contribution is -1.98. The van der Waals surface area contributed by atoms with Gasteiger partial charge in [0.2, 0.25) is 0 Å². The zero-order valence-electron chi connectivity index (χ0n) is 9.15. The molecule has 0 aliphatic heterocycles. The Morgan fingerprint density at radius 3 is 2.08 bits per heavy atom. The standard InChI is InChI=1S/C12H22/c1-6-8-11(7-2)9-10-12(3,4)5/h8-10H,6-7H2,1-5H3. The van der Waals surface area contributed by atoms with Gasteiger partial charge in [-0.3, -0.25) is 0 Å². The first kappa shape index (κ1) is 11.5. The maximum atomic E-state index is 2.29. The van der Waals surface area contributed by atoms with E-state index in [9.17, 15) is 0 Å². The van der Waals surface area contributed by atoms with Gasteiger partial charge in [0.1, 0.15) is 0 Å². The monoisotopic (exact) mass is 166 g/mol. The average Bonchev–Trinajstić information content (AvgIpc) is 1.96. The van der Waals surface area contributed by atoms with Crippen molar-refractivity contribution in [2.45, 2.75) is 47.5 Å². The third-order valence-electron chi connectivity index (χ3n) is 1.67. The summed E-state index contributed by atoms with van der Waals surface area (Å²) in [5.74, 6) is 0. The Morgan fingerprint density at radius 2 is 1.75 bits per heavy atom. The smallest absolute Gasteiger partial charge is 0.0200 e. The Hall–Kier alpha value is -0.520. The van der Waals surface area contributed by atoms with E-state index in [2.05, 4.69) is 52.8 Å². The molecule has 0 aromatic heterocycles. The summed E-state index contributed by atoms with van der Waals surface area (Å²) in [7, 11) is 0. The fourth-order valence-corrected chi connectivity index (χ4v) is 0.949. The van der Waals surface area contributed by atoms with Gasteiger partial charge in [0.05, 0.1) is 0 Å². The van der Waals surface area contributed by atoms with Crippen LogP contribution in [0.2, 0.25) is 0 Å². The molecular formula is C12H22. The maximum absolute atomic E-state index is 2.29. The molecular weight excluding hydrogens is 144 g/mol. The number of rotatable bonds is 3. The van der Waals surface area contributed by atoms with Gasteiger partial charge >= 0.3 is 0 Å². The Labute approximate surface area is 77.4 Å². The molecule has 0 aliphatic rings. The molecule has 0 radical (unpaired) electrons. The van der Waals surface area contributed by atoms with Crippen molar-refractivity contribution in [1.29, 1.82) is 0 Å². The van der Waals surface area contributed by atoms with Crippen molar-refractivity contribution in [3.8, 4) is 0 Å². The SMILES string of the molecule is CCC=C(C=CC(C)(C)C)CC. The molecule has 0 heteroatoms. The average molecular weight is 166 g/mol. The van der Waals surface area contributed by atoms with E-state index in [0.29, 0.717) is 5.41 Å². The first-order valence-corrected chi connectivity index (χ1v) is 4.88. The molecule has 0 N–H and O–H groups in total. The molecule has 0 saturated heterocycles. The molecule has 0 bridgehead atoms. The minimum absolute atomic E-state index is 0.308. The molecule has 0 saturated carbocycles. The first-order chi connectivity index (χ1) is 5.49. The zero-order valence-corrected chi connectivity index (χ0v) is 9.15. The van der Waals surface area contributed by atoms with Crippen LogP contribution in [0.4, 0.5) is 0 Å². The fourth-order valence-electron chi connectivity index (χ4n) is 0.949. The third kappa shape index (κ3) is 6.21. The first-order valence-electron chi connectivity index (χ1n) is 4.88. The van der Waals surface area contributed by atoms with E-state index >= 15 is 0 Å². The summed E-state index contributed by atoms with van der Waals surface area (Å²) in [6, 6.07) is 0. The highest BCUT2D eigenvalue weighted by Crippen LogP contribution is 2.17. The Balaban J connectivity index is 4.21. The van der Waals surface area contributed by atoms with Gasteiger partial charge in [-0.15, -0.1) is 0 Å². The van der Waals surface area contributed by atoms with Gasteiger partial charge in [0, 0.05) is 0 Å². The number of hydrogen-bond acceptors (Lipinski definition) is 0. The maximum Gasteiger partial charge on any atom is -0.0200 e. The molecule has 0 aromatic rings. The van der Waals surface area contributed by atoms with Crippen LogP contribution in [0.3, 0.4) is 0 Å². The lowest BCUT2D eigenvalue weighted by Gasteiger charge is -2.11. The van der Waals surface area contributed by atoms with Gasteiger partial charge in [0.25, 0.3) is 0 Å². The highest BCUT2D eigenvalue weighted by Gasteiger charge is 2.03. The van der Waals surface area contributed by atoms with Gasteiger partial charge < -0.3 is 0 Å². The molecule has 0 atom stereocenters. The molecule has 0 nitrogen and oxygen atoms in total. The molecule has 0 amide bonds. The predicted molar refractivity (Wildman–Crippen MR) is 57.3 cm³/mol. The van der Waals surface area contributed by atoms with Crippen molar-refractivity contribution in [2.75, 3.05) is 0 Å². The number of hydrogen-bond donors (Lipinski definition) is 0. The lowest BCUT2D eigenvalue weighted by atomic mass is 9.95. The van der Waals surface area contributed by atoms with Gasteiger partial charge in [0.15, 0.2) is 0 Å². The van der Waals surface area contributed by atoms with Crippen LogP contribution >= 0.6 is 0 Å². The van der Waals surface area contributed by atoms with Crippen LogP contribution in [0.1, 0.15) is 47.5 Å². The van der Waals surface area contributed by atoms with Gasteiger partial charge in [-0.25, -0.2) is 0 Å². The Morgan fingerprint density at radius 1 is 1.17 bits per heavy atom. The molecule has 0 spiro atoms. The van der Waals surface area contributed by atoms with E-state index < -0.39 is 0 Å². The second-order valence-electron chi connectivity index (χ2n) is 4.24.